The number of nitrogens with one attached hydrogen (secondary N) is 3. The molecule has 1 saturated heterocycles. The Bertz CT molecular complexity index is 4490. The van der Waals surface area contributed by atoms with Crippen LogP contribution in [0.25, 0.3) is 0 Å². The van der Waals surface area contributed by atoms with Crippen molar-refractivity contribution in [3.63, 3.8) is 0 Å². The lowest BCUT2D eigenvalue weighted by Gasteiger charge is -2.48. The first-order valence-electron chi connectivity index (χ1n) is 40.3. The molecule has 5 aromatic rings. The van der Waals surface area contributed by atoms with E-state index in [0.717, 1.165) is 71.4 Å². The minimum absolute atomic E-state index is 0.00472. The number of aliphatic hydroxyl groups is 4. The smallest absolute Gasteiger partial charge is 0.335 e. The number of alkyl halides is 2. The Morgan fingerprint density at radius 3 is 1.33 bits per heavy atom. The number of hydrogen-bond donors (Lipinski definition) is 10. The largest absolute Gasteiger partial charge is 0.479 e. The molecular formula is C82H115Cl6N7O25S3. The highest BCUT2D eigenvalue weighted by Gasteiger charge is 2.45. The van der Waals surface area contributed by atoms with Crippen LogP contribution in [0.2, 0.25) is 20.1 Å². The Kier molecular flexibility index (Phi) is 46.0. The molecule has 0 spiro atoms. The predicted octanol–water partition coefficient (Wildman–Crippen LogP) is 6.00. The summed E-state index contributed by atoms with van der Waals surface area (Å²) in [4.78, 5) is 51.5. The van der Waals surface area contributed by atoms with Crippen LogP contribution in [0.4, 0.5) is 0 Å². The van der Waals surface area contributed by atoms with Crippen molar-refractivity contribution in [2.45, 2.75) is 113 Å². The molecule has 1 saturated carbocycles. The number of carbonyl (C=O) groups excluding carboxylic acids is 2. The summed E-state index contributed by atoms with van der Waals surface area (Å²) in [5.74, 6) is -4.58. The molecule has 9 rings (SSSR count). The molecule has 41 heteroatoms. The van der Waals surface area contributed by atoms with Gasteiger partial charge in [0, 0.05) is 128 Å². The fourth-order valence-corrected chi connectivity index (χ4v) is 20.1. The number of likely N-dealkylation sites (tertiary alicyclic amines) is 1. The zero-order valence-electron chi connectivity index (χ0n) is 69.0. The topological polar surface area (TPSA) is 447 Å². The van der Waals surface area contributed by atoms with E-state index in [1.54, 1.807) is 54.6 Å². The highest BCUT2D eigenvalue weighted by Crippen LogP contribution is 2.48. The van der Waals surface area contributed by atoms with Gasteiger partial charge in [0.05, 0.1) is 126 Å². The van der Waals surface area contributed by atoms with Crippen molar-refractivity contribution in [3.05, 3.63) is 156 Å². The van der Waals surface area contributed by atoms with Crippen LogP contribution in [0.5, 0.6) is 0 Å². The van der Waals surface area contributed by atoms with Gasteiger partial charge in [0.1, 0.15) is 6.10 Å². The number of ketones is 1. The second-order valence-electron chi connectivity index (χ2n) is 30.0. The van der Waals surface area contributed by atoms with Crippen LogP contribution in [0.15, 0.2) is 112 Å². The molecular weight excluding hydrogens is 1790 g/mol. The summed E-state index contributed by atoms with van der Waals surface area (Å²) in [5, 5.41) is 57.7. The normalized spacial score (nSPS) is 19.8. The number of sulfone groups is 1. The van der Waals surface area contributed by atoms with Gasteiger partial charge >= 0.3 is 11.9 Å². The molecule has 7 unspecified atom stereocenters. The minimum Gasteiger partial charge on any atom is -0.479 e. The van der Waals surface area contributed by atoms with Crippen LogP contribution in [0.3, 0.4) is 0 Å². The zero-order chi connectivity index (χ0) is 89.8. The number of nitrogens with zero attached hydrogens (tertiary/aromatic N) is 3. The van der Waals surface area contributed by atoms with E-state index in [2.05, 4.69) is 36.5 Å². The van der Waals surface area contributed by atoms with E-state index in [1.807, 2.05) is 56.6 Å². The zero-order valence-corrected chi connectivity index (χ0v) is 76.0. The molecule has 11 N–H and O–H groups in total. The summed E-state index contributed by atoms with van der Waals surface area (Å²) in [6, 6.07) is 28.4. The number of carbonyl (C=O) groups is 4. The van der Waals surface area contributed by atoms with Crippen LogP contribution < -0.4 is 20.5 Å². The molecule has 0 radical (unpaired) electrons. The SMILES string of the molecule is CN1Cc2c(Cl)cc(Cl)cc2C(c2cccc(S(=O)(=O)NCCOCCOCCOCCN)c2)C1.CN1Cc2c(Cl)cc(Cl)cc2C(c2cccc(S(=O)(=O)NCCOCCOCCOCCNC(=O)[C@@H](O)[C@H](O)C(=O)CCCOCCOCCOCCCS(=O)(=O)c3cccc(C4CN(C)CC5C(Cl)CC(Cl)CC45)c3)c2)C1.O=C(O)[C@@H](O)[C@H](O)C(=O)O. The average Bonchev–Trinajstić information content (AvgIpc) is 0.781. The fourth-order valence-electron chi connectivity index (χ4n) is 14.5. The first-order chi connectivity index (χ1) is 58.6. The number of amides is 1. The third-order valence-electron chi connectivity index (χ3n) is 20.6. The molecule has 3 heterocycles. The van der Waals surface area contributed by atoms with E-state index < -0.39 is 77.9 Å². The van der Waals surface area contributed by atoms with Gasteiger partial charge in [-0.05, 0) is 164 Å². The predicted molar refractivity (Wildman–Crippen MR) is 464 cm³/mol. The van der Waals surface area contributed by atoms with E-state index in [4.69, 9.17) is 138 Å². The van der Waals surface area contributed by atoms with Crippen molar-refractivity contribution >= 4 is 123 Å². The first-order valence-corrected chi connectivity index (χ1v) is 47.3. The number of carboxylic acids is 2. The molecule has 2 fully saturated rings. The Hall–Kier alpha value is -4.99. The number of halogens is 6. The standard InChI is InChI=1S/C54H76Cl4N4O14S2.C24H33Cl2N3O5S.C4H6O6/c1-61-33-45(43-29-39(55)31-49(57)47(43)35-61)37-7-3-9-41(27-37)77(67,68)26-6-15-72-19-23-75-22-18-71-14-5-11-51(63)52(64)53(65)54(66)59-12-16-73-20-24-76-25-21-74-17-13-60-78(69,70)42-10-4-8-38(28-42)46-34-62(2)36-48-44(46)30-40(56)32-50(48)58;1-29-16-22(21-14-19(25)15-24(26)23(21)17-29)18-3-2-4-20(13-18)35(30,31)28-6-8-33-10-12-34-11-9-32-7-5-27;5-1(3(7)8)2(6)4(9)10/h3-4,7-10,27-28,30,32,39,43,45-47,49,52-53,60,64-65H,5-6,11-26,29,31,33-36H2,1-2H3,(H,59,66);2-4,13-15,22,28H,5-12,16-17,27H2,1H3;1-2,5-6H,(H,7,8)(H,9,10)/t39?,43?,45?,46?,47?,49?,52-,53+;;1-,2-/m1.0/s1. The number of rotatable bonds is 51. The highest BCUT2D eigenvalue weighted by atomic mass is 35.5. The number of Topliss-reactive ketones (excluding diaryl/α,β-unsaturated/α-hetero) is 1. The molecule has 3 aliphatic heterocycles. The van der Waals surface area contributed by atoms with Gasteiger partial charge in [-0.3, -0.25) is 9.59 Å². The molecule has 1 aliphatic carbocycles. The number of piperidine rings is 1. The summed E-state index contributed by atoms with van der Waals surface area (Å²) < 4.78 is 133. The number of likely N-dealkylation sites (N-methyl/N-ethyl adjacent to an activating group) is 3. The highest BCUT2D eigenvalue weighted by molar-refractivity contribution is 7.91. The molecule has 688 valence electrons. The van der Waals surface area contributed by atoms with Crippen molar-refractivity contribution in [3.8, 4) is 0 Å². The van der Waals surface area contributed by atoms with E-state index in [9.17, 15) is 54.6 Å². The maximum atomic E-state index is 13.3. The molecule has 11 atom stereocenters. The molecule has 0 aromatic heterocycles. The Labute approximate surface area is 749 Å². The van der Waals surface area contributed by atoms with Gasteiger partial charge in [-0.1, -0.05) is 82.8 Å². The second-order valence-corrected chi connectivity index (χ2v) is 38.5. The van der Waals surface area contributed by atoms with E-state index in [1.165, 1.54) is 0 Å². The van der Waals surface area contributed by atoms with Crippen LogP contribution in [0.1, 0.15) is 88.8 Å². The summed E-state index contributed by atoms with van der Waals surface area (Å²) >= 11 is 38.9. The lowest BCUT2D eigenvalue weighted by Crippen LogP contribution is -2.50. The molecule has 32 nitrogen and oxygen atoms in total. The van der Waals surface area contributed by atoms with E-state index in [-0.39, 0.29) is 162 Å². The van der Waals surface area contributed by atoms with Crippen LogP contribution >= 0.6 is 69.6 Å². The lowest BCUT2D eigenvalue weighted by atomic mass is 9.67. The van der Waals surface area contributed by atoms with Gasteiger partial charge in [0.25, 0.3) is 5.91 Å². The van der Waals surface area contributed by atoms with Gasteiger partial charge < -0.3 is 99.0 Å². The van der Waals surface area contributed by atoms with Gasteiger partial charge in [-0.25, -0.2) is 44.3 Å². The van der Waals surface area contributed by atoms with Gasteiger partial charge in [-0.2, -0.15) is 0 Å². The Morgan fingerprint density at radius 2 is 0.870 bits per heavy atom. The van der Waals surface area contributed by atoms with Gasteiger partial charge in [-0.15, -0.1) is 23.2 Å². The summed E-state index contributed by atoms with van der Waals surface area (Å²) in [6.07, 6.45) is -6.25. The molecule has 1 amide bonds. The first kappa shape index (κ1) is 105. The van der Waals surface area contributed by atoms with Crippen molar-refractivity contribution in [1.82, 2.24) is 29.5 Å². The van der Waals surface area contributed by atoms with E-state index >= 15 is 0 Å². The molecule has 5 aromatic carbocycles. The number of hydrogen-bond acceptors (Lipinski definition) is 27. The summed E-state index contributed by atoms with van der Waals surface area (Å²) in [7, 11) is -4.94. The lowest BCUT2D eigenvalue weighted by molar-refractivity contribution is -0.165. The summed E-state index contributed by atoms with van der Waals surface area (Å²) in [5.41, 5.74) is 12.1. The number of aliphatic carboxylic acids is 2. The average molecular weight is 1910 g/mol. The number of carboxylic acid groups (broad SMARTS) is 2. The maximum Gasteiger partial charge on any atom is 0.335 e. The summed E-state index contributed by atoms with van der Waals surface area (Å²) in [6.45, 7) is 10.4. The molecule has 0 bridgehead atoms. The quantitative estimate of drug-likeness (QED) is 0.0157. The fraction of sp³-hybridized carbons (Fsp3) is 0.585. The second kappa shape index (κ2) is 53.8. The Morgan fingerprint density at radius 1 is 0.463 bits per heavy atom. The van der Waals surface area contributed by atoms with Crippen LogP contribution in [0, 0.1) is 11.8 Å². The monoisotopic (exact) mass is 1900 g/mol. The maximum absolute atomic E-state index is 13.3. The van der Waals surface area contributed by atoms with Crippen molar-refractivity contribution in [2.75, 3.05) is 198 Å². The Balaban J connectivity index is 0.000000378. The van der Waals surface area contributed by atoms with Gasteiger partial charge in [0.2, 0.25) is 20.0 Å². The van der Waals surface area contributed by atoms with E-state index in [0.29, 0.717) is 102 Å². The third kappa shape index (κ3) is 34.8. The number of fused-ring (bicyclic) bond motifs is 3. The van der Waals surface area contributed by atoms with Crippen LogP contribution in [-0.4, -0.2) is 328 Å². The molecule has 123 heavy (non-hydrogen) atoms. The minimum atomic E-state index is -3.82. The number of aliphatic hydroxyl groups excluding tert-OH is 4. The number of sulfonamides is 2. The van der Waals surface area contributed by atoms with Crippen LogP contribution in [-0.2, 0) is 105 Å². The third-order valence-corrected chi connectivity index (χ3v) is 27.3. The van der Waals surface area contributed by atoms with Gasteiger partial charge in [0.15, 0.2) is 33.9 Å². The van der Waals surface area contributed by atoms with Crippen molar-refractivity contribution < 1.29 is 118 Å². The number of ether oxygens (including phenoxy) is 9. The van der Waals surface area contributed by atoms with Crippen molar-refractivity contribution in [2.24, 2.45) is 17.6 Å². The molecule has 4 aliphatic rings. The number of nitrogens with two attached hydrogens (primary N) is 1. The van der Waals surface area contributed by atoms with Crippen molar-refractivity contribution in [1.29, 1.82) is 0 Å². The number of benzene rings is 5.